The van der Waals surface area contributed by atoms with Gasteiger partial charge in [0.2, 0.25) is 5.91 Å². The molecule has 1 aliphatic rings. The zero-order valence-electron chi connectivity index (χ0n) is 11.2. The van der Waals surface area contributed by atoms with Gasteiger partial charge in [0.15, 0.2) is 0 Å². The van der Waals surface area contributed by atoms with Gasteiger partial charge in [0.25, 0.3) is 0 Å². The topological polar surface area (TPSA) is 41.1 Å². The summed E-state index contributed by atoms with van der Waals surface area (Å²) in [5, 5.41) is 6.28. The molecule has 1 fully saturated rings. The molecule has 0 atom stereocenters. The van der Waals surface area contributed by atoms with Crippen LogP contribution in [-0.4, -0.2) is 25.5 Å². The van der Waals surface area contributed by atoms with Crippen molar-refractivity contribution in [2.24, 2.45) is 11.3 Å². The van der Waals surface area contributed by atoms with Gasteiger partial charge in [0.05, 0.1) is 0 Å². The molecule has 0 saturated carbocycles. The number of carbonyl (C=O) groups is 1. The lowest BCUT2D eigenvalue weighted by atomic mass is 9.84. The maximum absolute atomic E-state index is 12.2. The number of rotatable bonds is 5. The molecule has 2 rings (SSSR count). The van der Waals surface area contributed by atoms with E-state index in [0.717, 1.165) is 26.1 Å². The van der Waals surface area contributed by atoms with Crippen molar-refractivity contribution in [1.82, 2.24) is 10.6 Å². The molecule has 0 aromatic heterocycles. The predicted molar refractivity (Wildman–Crippen MR) is 73.3 cm³/mol. The highest BCUT2D eigenvalue weighted by Gasteiger charge is 2.28. The number of hydrogen-bond donors (Lipinski definition) is 2. The molecule has 1 aromatic carbocycles. The van der Waals surface area contributed by atoms with E-state index in [0.29, 0.717) is 5.92 Å². The number of benzene rings is 1. The molecule has 1 amide bonds. The van der Waals surface area contributed by atoms with Crippen LogP contribution in [0.1, 0.15) is 19.4 Å². The van der Waals surface area contributed by atoms with Crippen LogP contribution < -0.4 is 10.6 Å². The van der Waals surface area contributed by atoms with Crippen molar-refractivity contribution in [3.63, 3.8) is 0 Å². The van der Waals surface area contributed by atoms with Crippen molar-refractivity contribution < 1.29 is 4.79 Å². The molecule has 18 heavy (non-hydrogen) atoms. The molecule has 0 radical (unpaired) electrons. The molecule has 0 spiro atoms. The van der Waals surface area contributed by atoms with E-state index in [1.165, 1.54) is 5.56 Å². The third-order valence-corrected chi connectivity index (χ3v) is 3.52. The largest absolute Gasteiger partial charge is 0.355 e. The quantitative estimate of drug-likeness (QED) is 0.828. The fourth-order valence-electron chi connectivity index (χ4n) is 2.16. The van der Waals surface area contributed by atoms with E-state index in [2.05, 4.69) is 22.8 Å². The van der Waals surface area contributed by atoms with Crippen molar-refractivity contribution in [3.8, 4) is 0 Å². The summed E-state index contributed by atoms with van der Waals surface area (Å²) in [6, 6.07) is 10.2. The Morgan fingerprint density at radius 1 is 1.33 bits per heavy atom. The molecule has 1 saturated heterocycles. The second-order valence-corrected chi connectivity index (χ2v) is 5.78. The first-order valence-corrected chi connectivity index (χ1v) is 6.61. The summed E-state index contributed by atoms with van der Waals surface area (Å²) < 4.78 is 0. The third kappa shape index (κ3) is 3.33. The van der Waals surface area contributed by atoms with Crippen LogP contribution >= 0.6 is 0 Å². The summed E-state index contributed by atoms with van der Waals surface area (Å²) in [6.07, 6.45) is 0.780. The Morgan fingerprint density at radius 3 is 2.56 bits per heavy atom. The van der Waals surface area contributed by atoms with Gasteiger partial charge in [-0.3, -0.25) is 4.79 Å². The van der Waals surface area contributed by atoms with Crippen molar-refractivity contribution in [2.75, 3.05) is 19.6 Å². The first-order valence-electron chi connectivity index (χ1n) is 6.61. The number of nitrogens with one attached hydrogen (secondary N) is 2. The highest BCUT2D eigenvalue weighted by molar-refractivity contribution is 5.82. The lowest BCUT2D eigenvalue weighted by molar-refractivity contribution is -0.129. The standard InChI is InChI=1S/C15H22N2O/c1-15(2,8-12-6-4-3-5-7-12)14(18)17-11-13-9-16-10-13/h3-7,13,16H,8-11H2,1-2H3,(H,17,18). The van der Waals surface area contributed by atoms with Crippen molar-refractivity contribution in [3.05, 3.63) is 35.9 Å². The molecule has 1 aromatic rings. The van der Waals surface area contributed by atoms with Crippen molar-refractivity contribution >= 4 is 5.91 Å². The van der Waals surface area contributed by atoms with E-state index >= 15 is 0 Å². The molecular formula is C15H22N2O. The summed E-state index contributed by atoms with van der Waals surface area (Å²) >= 11 is 0. The van der Waals surface area contributed by atoms with E-state index in [9.17, 15) is 4.79 Å². The Bertz CT molecular complexity index is 396. The summed E-state index contributed by atoms with van der Waals surface area (Å²) in [6.45, 7) is 6.87. The van der Waals surface area contributed by atoms with Gasteiger partial charge in [-0.15, -0.1) is 0 Å². The molecule has 3 heteroatoms. The van der Waals surface area contributed by atoms with Crippen LogP contribution in [0.4, 0.5) is 0 Å². The van der Waals surface area contributed by atoms with Crippen LogP contribution in [0.3, 0.4) is 0 Å². The minimum atomic E-state index is -0.349. The molecule has 1 heterocycles. The van der Waals surface area contributed by atoms with Gasteiger partial charge in [-0.05, 0) is 12.0 Å². The predicted octanol–water partition coefficient (Wildman–Crippen LogP) is 1.59. The average Bonchev–Trinajstić information content (AvgIpc) is 2.27. The van der Waals surface area contributed by atoms with Gasteiger partial charge in [-0.25, -0.2) is 0 Å². The average molecular weight is 246 g/mol. The molecule has 0 unspecified atom stereocenters. The lowest BCUT2D eigenvalue weighted by Crippen LogP contribution is -2.50. The zero-order valence-corrected chi connectivity index (χ0v) is 11.2. The van der Waals surface area contributed by atoms with E-state index in [4.69, 9.17) is 0 Å². The van der Waals surface area contributed by atoms with Crippen LogP contribution in [0.5, 0.6) is 0 Å². The highest BCUT2D eigenvalue weighted by atomic mass is 16.2. The molecular weight excluding hydrogens is 224 g/mol. The summed E-state index contributed by atoms with van der Waals surface area (Å²) in [5.41, 5.74) is 0.862. The maximum Gasteiger partial charge on any atom is 0.226 e. The first-order chi connectivity index (χ1) is 8.58. The van der Waals surface area contributed by atoms with Crippen molar-refractivity contribution in [1.29, 1.82) is 0 Å². The number of carbonyl (C=O) groups excluding carboxylic acids is 1. The van der Waals surface area contributed by atoms with E-state index < -0.39 is 0 Å². The van der Waals surface area contributed by atoms with Crippen LogP contribution in [0.15, 0.2) is 30.3 Å². The van der Waals surface area contributed by atoms with Gasteiger partial charge in [0, 0.05) is 31.0 Å². The SMILES string of the molecule is CC(C)(Cc1ccccc1)C(=O)NCC1CNC1. The van der Waals surface area contributed by atoms with E-state index in [1.807, 2.05) is 32.0 Å². The van der Waals surface area contributed by atoms with Crippen LogP contribution in [-0.2, 0) is 11.2 Å². The molecule has 2 N–H and O–H groups in total. The molecule has 3 nitrogen and oxygen atoms in total. The third-order valence-electron chi connectivity index (χ3n) is 3.52. The van der Waals surface area contributed by atoms with Gasteiger partial charge >= 0.3 is 0 Å². The summed E-state index contributed by atoms with van der Waals surface area (Å²) in [4.78, 5) is 12.2. The summed E-state index contributed by atoms with van der Waals surface area (Å²) in [5.74, 6) is 0.764. The number of amides is 1. The molecule has 0 bridgehead atoms. The van der Waals surface area contributed by atoms with Gasteiger partial charge < -0.3 is 10.6 Å². The Labute approximate surface area is 109 Å². The van der Waals surface area contributed by atoms with Crippen LogP contribution in [0.2, 0.25) is 0 Å². The highest BCUT2D eigenvalue weighted by Crippen LogP contribution is 2.22. The first kappa shape index (κ1) is 13.1. The second-order valence-electron chi connectivity index (χ2n) is 5.78. The maximum atomic E-state index is 12.2. The molecule has 98 valence electrons. The van der Waals surface area contributed by atoms with Gasteiger partial charge in [-0.1, -0.05) is 44.2 Å². The van der Waals surface area contributed by atoms with Crippen LogP contribution in [0.25, 0.3) is 0 Å². The zero-order chi connectivity index (χ0) is 13.0. The second kappa shape index (κ2) is 5.53. The molecule has 0 aliphatic carbocycles. The Morgan fingerprint density at radius 2 is 2.00 bits per heavy atom. The minimum absolute atomic E-state index is 0.151. The Balaban J connectivity index is 1.86. The fourth-order valence-corrected chi connectivity index (χ4v) is 2.16. The normalized spacial score (nSPS) is 16.1. The Kier molecular flexibility index (Phi) is 4.02. The Hall–Kier alpha value is -1.35. The van der Waals surface area contributed by atoms with Crippen molar-refractivity contribution in [2.45, 2.75) is 20.3 Å². The monoisotopic (exact) mass is 246 g/mol. The smallest absolute Gasteiger partial charge is 0.226 e. The molecule has 1 aliphatic heterocycles. The summed E-state index contributed by atoms with van der Waals surface area (Å²) in [7, 11) is 0. The van der Waals surface area contributed by atoms with Crippen LogP contribution in [0, 0.1) is 11.3 Å². The fraction of sp³-hybridized carbons (Fsp3) is 0.533. The van der Waals surface area contributed by atoms with E-state index in [-0.39, 0.29) is 11.3 Å². The number of hydrogen-bond acceptors (Lipinski definition) is 2. The van der Waals surface area contributed by atoms with Gasteiger partial charge in [0.1, 0.15) is 0 Å². The van der Waals surface area contributed by atoms with Gasteiger partial charge in [-0.2, -0.15) is 0 Å². The van der Waals surface area contributed by atoms with E-state index in [1.54, 1.807) is 0 Å². The lowest BCUT2D eigenvalue weighted by Gasteiger charge is -2.30. The minimum Gasteiger partial charge on any atom is -0.355 e.